The van der Waals surface area contributed by atoms with Gasteiger partial charge in [-0.1, -0.05) is 6.07 Å². The summed E-state index contributed by atoms with van der Waals surface area (Å²) in [4.78, 5) is 12.6. The zero-order chi connectivity index (χ0) is 24.2. The van der Waals surface area contributed by atoms with E-state index in [0.29, 0.717) is 24.5 Å². The predicted molar refractivity (Wildman–Crippen MR) is 122 cm³/mol. The Balaban J connectivity index is 1.76. The molecule has 10 nitrogen and oxygen atoms in total. The van der Waals surface area contributed by atoms with Gasteiger partial charge in [0.1, 0.15) is 10.6 Å². The first kappa shape index (κ1) is 25.1. The summed E-state index contributed by atoms with van der Waals surface area (Å²) < 4.78 is 63.4. The van der Waals surface area contributed by atoms with Crippen molar-refractivity contribution in [2.75, 3.05) is 52.8 Å². The van der Waals surface area contributed by atoms with E-state index >= 15 is 0 Å². The molecule has 0 unspecified atom stereocenters. The molecular weight excluding hydrogens is 470 g/mol. The summed E-state index contributed by atoms with van der Waals surface area (Å²) in [6, 6.07) is 10.4. The van der Waals surface area contributed by atoms with Crippen molar-refractivity contribution in [3.05, 3.63) is 48.0 Å². The van der Waals surface area contributed by atoms with Crippen LogP contribution in [0.2, 0.25) is 0 Å². The molecule has 33 heavy (non-hydrogen) atoms. The van der Waals surface area contributed by atoms with E-state index in [9.17, 15) is 21.6 Å². The number of ether oxygens (including phenoxy) is 2. The van der Waals surface area contributed by atoms with Crippen molar-refractivity contribution in [1.29, 1.82) is 0 Å². The molecule has 3 rings (SSSR count). The smallest absolute Gasteiger partial charge is 0.246 e. The largest absolute Gasteiger partial charge is 0.495 e. The Labute approximate surface area is 194 Å². The van der Waals surface area contributed by atoms with Gasteiger partial charge in [0.25, 0.3) is 0 Å². The molecule has 12 heteroatoms. The number of rotatable bonds is 8. The van der Waals surface area contributed by atoms with Crippen molar-refractivity contribution in [3.63, 3.8) is 0 Å². The SMILES string of the molecule is COc1ccc(CC(=O)Nc2ccc(S(=O)(=O)N(C)C)cc2)cc1S(=O)(=O)N1CCOCC1. The number of carbonyl (C=O) groups excluding carboxylic acids is 1. The molecule has 0 bridgehead atoms. The van der Waals surface area contributed by atoms with Crippen molar-refractivity contribution in [2.24, 2.45) is 0 Å². The Morgan fingerprint density at radius 3 is 2.27 bits per heavy atom. The lowest BCUT2D eigenvalue weighted by Gasteiger charge is -2.26. The third kappa shape index (κ3) is 5.71. The first-order valence-corrected chi connectivity index (χ1v) is 13.0. The van der Waals surface area contributed by atoms with Crippen LogP contribution in [-0.2, 0) is 36.0 Å². The molecular formula is C21H27N3O7S2. The van der Waals surface area contributed by atoms with E-state index in [1.165, 1.54) is 61.9 Å². The highest BCUT2D eigenvalue weighted by molar-refractivity contribution is 7.89. The number of nitrogens with one attached hydrogen (secondary N) is 1. The van der Waals surface area contributed by atoms with Crippen LogP contribution in [-0.4, -0.2) is 78.9 Å². The standard InChI is InChI=1S/C21H27N3O7S2/c1-23(2)32(26,27)18-7-5-17(6-8-18)22-21(25)15-16-4-9-19(30-3)20(14-16)33(28,29)24-10-12-31-13-11-24/h4-9,14H,10-13,15H2,1-3H3,(H,22,25). The van der Waals surface area contributed by atoms with Gasteiger partial charge in [0, 0.05) is 32.9 Å². The minimum absolute atomic E-state index is 0.00422. The first-order valence-electron chi connectivity index (χ1n) is 10.1. The van der Waals surface area contributed by atoms with Crippen LogP contribution in [0.1, 0.15) is 5.56 Å². The molecule has 1 amide bonds. The molecule has 1 N–H and O–H groups in total. The topological polar surface area (TPSA) is 122 Å². The number of carbonyl (C=O) groups is 1. The molecule has 1 aliphatic rings. The lowest BCUT2D eigenvalue weighted by Crippen LogP contribution is -2.40. The monoisotopic (exact) mass is 497 g/mol. The fourth-order valence-corrected chi connectivity index (χ4v) is 5.79. The number of anilines is 1. The first-order chi connectivity index (χ1) is 15.6. The quantitative estimate of drug-likeness (QED) is 0.580. The van der Waals surface area contributed by atoms with E-state index in [2.05, 4.69) is 5.32 Å². The van der Waals surface area contributed by atoms with Gasteiger partial charge in [-0.25, -0.2) is 21.1 Å². The summed E-state index contributed by atoms with van der Waals surface area (Å²) in [5, 5.41) is 2.69. The van der Waals surface area contributed by atoms with Crippen LogP contribution in [0.25, 0.3) is 0 Å². The highest BCUT2D eigenvalue weighted by Gasteiger charge is 2.29. The summed E-state index contributed by atoms with van der Waals surface area (Å²) in [6.07, 6.45) is -0.0760. The molecule has 0 atom stereocenters. The molecule has 0 saturated carbocycles. The molecule has 1 saturated heterocycles. The van der Waals surface area contributed by atoms with Crippen LogP contribution in [0.5, 0.6) is 5.75 Å². The van der Waals surface area contributed by atoms with E-state index < -0.39 is 20.0 Å². The van der Waals surface area contributed by atoms with Crippen LogP contribution in [0.4, 0.5) is 5.69 Å². The van der Waals surface area contributed by atoms with E-state index in [1.807, 2.05) is 0 Å². The van der Waals surface area contributed by atoms with Gasteiger partial charge in [-0.2, -0.15) is 4.31 Å². The summed E-state index contributed by atoms with van der Waals surface area (Å²) in [7, 11) is -3.11. The van der Waals surface area contributed by atoms with Crippen molar-refractivity contribution < 1.29 is 31.1 Å². The van der Waals surface area contributed by atoms with E-state index in [1.54, 1.807) is 6.07 Å². The van der Waals surface area contributed by atoms with Gasteiger partial charge in [-0.3, -0.25) is 4.79 Å². The highest BCUT2D eigenvalue weighted by Crippen LogP contribution is 2.29. The van der Waals surface area contributed by atoms with E-state index in [0.717, 1.165) is 4.31 Å². The number of sulfonamides is 2. The predicted octanol–water partition coefficient (Wildman–Crippen LogP) is 1.15. The molecule has 0 aliphatic carbocycles. The molecule has 1 fully saturated rings. The second-order valence-corrected chi connectivity index (χ2v) is 11.6. The number of methoxy groups -OCH3 is 1. The second-order valence-electron chi connectivity index (χ2n) is 7.54. The minimum Gasteiger partial charge on any atom is -0.495 e. The van der Waals surface area contributed by atoms with Gasteiger partial charge in [0.2, 0.25) is 26.0 Å². The van der Waals surface area contributed by atoms with Crippen molar-refractivity contribution in [2.45, 2.75) is 16.2 Å². The lowest BCUT2D eigenvalue weighted by molar-refractivity contribution is -0.115. The van der Waals surface area contributed by atoms with E-state index in [-0.39, 0.29) is 41.0 Å². The number of nitrogens with zero attached hydrogens (tertiary/aromatic N) is 2. The van der Waals surface area contributed by atoms with Crippen molar-refractivity contribution >= 4 is 31.6 Å². The summed E-state index contributed by atoms with van der Waals surface area (Å²) in [5.41, 5.74) is 0.916. The number of hydrogen-bond acceptors (Lipinski definition) is 7. The van der Waals surface area contributed by atoms with Gasteiger partial charge in [0.15, 0.2) is 0 Å². The van der Waals surface area contributed by atoms with Crippen LogP contribution in [0.3, 0.4) is 0 Å². The normalized spacial score (nSPS) is 15.4. The van der Waals surface area contributed by atoms with Gasteiger partial charge in [0.05, 0.1) is 31.6 Å². The maximum absolute atomic E-state index is 13.1. The second kappa shape index (κ2) is 10.2. The highest BCUT2D eigenvalue weighted by atomic mass is 32.2. The third-order valence-corrected chi connectivity index (χ3v) is 8.85. The zero-order valence-corrected chi connectivity index (χ0v) is 20.3. The molecule has 0 radical (unpaired) electrons. The van der Waals surface area contributed by atoms with Gasteiger partial charge in [-0.05, 0) is 42.0 Å². The van der Waals surface area contributed by atoms with Gasteiger partial charge in [-0.15, -0.1) is 0 Å². The summed E-state index contributed by atoms with van der Waals surface area (Å²) >= 11 is 0. The number of benzene rings is 2. The molecule has 0 aromatic heterocycles. The molecule has 0 spiro atoms. The average Bonchev–Trinajstić information content (AvgIpc) is 2.79. The van der Waals surface area contributed by atoms with Crippen LogP contribution >= 0.6 is 0 Å². The molecule has 1 heterocycles. The molecule has 2 aromatic rings. The zero-order valence-electron chi connectivity index (χ0n) is 18.6. The van der Waals surface area contributed by atoms with Gasteiger partial charge < -0.3 is 14.8 Å². The minimum atomic E-state index is -3.81. The fourth-order valence-electron chi connectivity index (χ4n) is 3.27. The maximum atomic E-state index is 13.1. The van der Waals surface area contributed by atoms with E-state index in [4.69, 9.17) is 9.47 Å². The number of hydrogen-bond donors (Lipinski definition) is 1. The summed E-state index contributed by atoms with van der Waals surface area (Å²) in [6.45, 7) is 1.13. The Bertz CT molecular complexity index is 1200. The molecule has 180 valence electrons. The number of morpholine rings is 1. The Morgan fingerprint density at radius 2 is 1.70 bits per heavy atom. The molecule has 2 aromatic carbocycles. The van der Waals surface area contributed by atoms with Crippen molar-refractivity contribution in [3.8, 4) is 5.75 Å². The van der Waals surface area contributed by atoms with Crippen molar-refractivity contribution in [1.82, 2.24) is 8.61 Å². The maximum Gasteiger partial charge on any atom is 0.246 e. The third-order valence-electron chi connectivity index (χ3n) is 5.10. The number of amides is 1. The Morgan fingerprint density at radius 1 is 1.06 bits per heavy atom. The fraction of sp³-hybridized carbons (Fsp3) is 0.381. The van der Waals surface area contributed by atoms with Crippen LogP contribution < -0.4 is 10.1 Å². The van der Waals surface area contributed by atoms with Crippen LogP contribution in [0, 0.1) is 0 Å². The Kier molecular flexibility index (Phi) is 7.75. The van der Waals surface area contributed by atoms with Crippen LogP contribution in [0.15, 0.2) is 52.3 Å². The van der Waals surface area contributed by atoms with Gasteiger partial charge >= 0.3 is 0 Å². The Hall–Kier alpha value is -2.51. The average molecular weight is 498 g/mol. The lowest BCUT2D eigenvalue weighted by atomic mass is 10.1. The molecule has 1 aliphatic heterocycles. The summed E-state index contributed by atoms with van der Waals surface area (Å²) in [5.74, 6) is -0.179.